The molecule has 7 aromatic rings. The summed E-state index contributed by atoms with van der Waals surface area (Å²) in [5.74, 6) is 0.686. The van der Waals surface area contributed by atoms with Gasteiger partial charge >= 0.3 is 0 Å². The van der Waals surface area contributed by atoms with Crippen LogP contribution < -0.4 is 4.57 Å². The predicted octanol–water partition coefficient (Wildman–Crippen LogP) is 9.23. The van der Waals surface area contributed by atoms with Gasteiger partial charge in [0.25, 0.3) is 6.33 Å². The molecule has 0 aliphatic heterocycles. The van der Waals surface area contributed by atoms with Gasteiger partial charge in [0.05, 0.1) is 34.4 Å². The standard InChI is InChI=1S/C37H38N3/c1-21-29-17-23(19-37(3,4)5)11-13-26(29)22(2)34-32(21)36-33-30(38-20-39(36)6)16-15-28-27-14-12-25(24-9-7-8-10-24)18-31(27)40(34)35(28)33/h11-18,20,24H,7-10,19H2,1-6H3/q+1. The first-order chi connectivity index (χ1) is 19.2. The Labute approximate surface area is 235 Å². The lowest BCUT2D eigenvalue weighted by molar-refractivity contribution is -0.646. The Morgan fingerprint density at radius 3 is 2.35 bits per heavy atom. The Kier molecular flexibility index (Phi) is 4.92. The number of hydrogen-bond donors (Lipinski definition) is 0. The monoisotopic (exact) mass is 524 g/mol. The van der Waals surface area contributed by atoms with Gasteiger partial charge in [-0.3, -0.25) is 0 Å². The van der Waals surface area contributed by atoms with Gasteiger partial charge in [-0.2, -0.15) is 0 Å². The first-order valence-corrected chi connectivity index (χ1v) is 15.0. The summed E-state index contributed by atoms with van der Waals surface area (Å²) in [5.41, 5.74) is 12.3. The summed E-state index contributed by atoms with van der Waals surface area (Å²) in [6, 6.07) is 19.1. The Morgan fingerprint density at radius 2 is 1.57 bits per heavy atom. The minimum Gasteiger partial charge on any atom is -0.307 e. The average molecular weight is 525 g/mol. The van der Waals surface area contributed by atoms with Crippen LogP contribution >= 0.6 is 0 Å². The summed E-state index contributed by atoms with van der Waals surface area (Å²) in [5, 5.41) is 8.06. The average Bonchev–Trinajstić information content (AvgIpc) is 3.57. The third kappa shape index (κ3) is 3.24. The molecule has 1 fully saturated rings. The smallest absolute Gasteiger partial charge is 0.287 e. The predicted molar refractivity (Wildman–Crippen MR) is 169 cm³/mol. The molecule has 3 nitrogen and oxygen atoms in total. The molecule has 0 N–H and O–H groups in total. The van der Waals surface area contributed by atoms with E-state index in [1.807, 2.05) is 6.33 Å². The second kappa shape index (κ2) is 8.16. The second-order valence-electron chi connectivity index (χ2n) is 13.7. The molecule has 0 atom stereocenters. The van der Waals surface area contributed by atoms with Crippen LogP contribution in [0.4, 0.5) is 0 Å². The zero-order chi connectivity index (χ0) is 27.5. The highest BCUT2D eigenvalue weighted by molar-refractivity contribution is 6.28. The maximum atomic E-state index is 4.91. The van der Waals surface area contributed by atoms with Crippen molar-refractivity contribution in [2.45, 2.75) is 72.6 Å². The highest BCUT2D eigenvalue weighted by atomic mass is 15.0. The van der Waals surface area contributed by atoms with Crippen molar-refractivity contribution >= 4 is 59.9 Å². The van der Waals surface area contributed by atoms with Gasteiger partial charge in [-0.25, -0.2) is 4.57 Å². The van der Waals surface area contributed by atoms with E-state index in [4.69, 9.17) is 4.98 Å². The third-order valence-electron chi connectivity index (χ3n) is 9.77. The van der Waals surface area contributed by atoms with Crippen molar-refractivity contribution < 1.29 is 4.57 Å². The number of fused-ring (bicyclic) bond motifs is 7. The second-order valence-corrected chi connectivity index (χ2v) is 13.7. The fourth-order valence-corrected chi connectivity index (χ4v) is 8.03. The molecule has 0 spiro atoms. The Balaban J connectivity index is 1.61. The van der Waals surface area contributed by atoms with Crippen molar-refractivity contribution in [2.24, 2.45) is 12.5 Å². The lowest BCUT2D eigenvalue weighted by atomic mass is 9.86. The number of rotatable bonds is 2. The summed E-state index contributed by atoms with van der Waals surface area (Å²) in [4.78, 5) is 4.91. The van der Waals surface area contributed by atoms with Crippen LogP contribution in [0.2, 0.25) is 0 Å². The molecule has 1 saturated carbocycles. The molecule has 8 rings (SSSR count). The van der Waals surface area contributed by atoms with Gasteiger partial charge < -0.3 is 4.40 Å². The van der Waals surface area contributed by atoms with Gasteiger partial charge in [-0.1, -0.05) is 63.9 Å². The molecule has 0 unspecified atom stereocenters. The highest BCUT2D eigenvalue weighted by Crippen LogP contribution is 2.45. The number of hydrogen-bond acceptors (Lipinski definition) is 1. The van der Waals surface area contributed by atoms with Crippen LogP contribution in [-0.4, -0.2) is 9.38 Å². The largest absolute Gasteiger partial charge is 0.307 e. The first kappa shape index (κ1) is 24.1. The molecule has 3 heterocycles. The summed E-state index contributed by atoms with van der Waals surface area (Å²) in [6.07, 6.45) is 8.41. The molecular weight excluding hydrogens is 486 g/mol. The molecule has 1 aliphatic rings. The van der Waals surface area contributed by atoms with Crippen LogP contribution in [0.5, 0.6) is 0 Å². The maximum Gasteiger partial charge on any atom is 0.287 e. The summed E-state index contributed by atoms with van der Waals surface area (Å²) >= 11 is 0. The normalized spacial score (nSPS) is 15.3. The van der Waals surface area contributed by atoms with Crippen LogP contribution in [0.25, 0.3) is 59.9 Å². The van der Waals surface area contributed by atoms with Gasteiger partial charge in [0.2, 0.25) is 0 Å². The number of pyridine rings is 1. The van der Waals surface area contributed by atoms with Gasteiger partial charge in [-0.05, 0) is 101 Å². The molecule has 0 amide bonds. The first-order valence-electron chi connectivity index (χ1n) is 15.0. The number of aromatic nitrogens is 3. The molecule has 4 aromatic carbocycles. The van der Waals surface area contributed by atoms with E-state index in [1.165, 1.54) is 102 Å². The maximum absolute atomic E-state index is 4.91. The van der Waals surface area contributed by atoms with E-state index >= 15 is 0 Å². The van der Waals surface area contributed by atoms with Crippen LogP contribution in [0.1, 0.15) is 74.6 Å². The van der Waals surface area contributed by atoms with Crippen molar-refractivity contribution in [3.8, 4) is 0 Å². The van der Waals surface area contributed by atoms with Gasteiger partial charge in [0.15, 0.2) is 5.52 Å². The number of aryl methyl sites for hydroxylation is 3. The van der Waals surface area contributed by atoms with E-state index in [9.17, 15) is 0 Å². The van der Waals surface area contributed by atoms with Crippen LogP contribution in [-0.2, 0) is 13.5 Å². The van der Waals surface area contributed by atoms with E-state index in [2.05, 4.69) is 99.2 Å². The molecular formula is C37H38N3+. The van der Waals surface area contributed by atoms with Crippen molar-refractivity contribution in [2.75, 3.05) is 0 Å². The quantitative estimate of drug-likeness (QED) is 0.125. The topological polar surface area (TPSA) is 21.2 Å². The lowest BCUT2D eigenvalue weighted by Crippen LogP contribution is -2.30. The van der Waals surface area contributed by atoms with Crippen LogP contribution in [0.3, 0.4) is 0 Å². The van der Waals surface area contributed by atoms with E-state index in [-0.39, 0.29) is 5.41 Å². The molecule has 0 saturated heterocycles. The summed E-state index contributed by atoms with van der Waals surface area (Å²) in [7, 11) is 2.16. The molecule has 3 heteroatoms. The highest BCUT2D eigenvalue weighted by Gasteiger charge is 2.27. The number of nitrogens with zero attached hydrogens (tertiary/aromatic N) is 3. The fourth-order valence-electron chi connectivity index (χ4n) is 8.03. The molecule has 40 heavy (non-hydrogen) atoms. The van der Waals surface area contributed by atoms with E-state index < -0.39 is 0 Å². The van der Waals surface area contributed by atoms with Crippen LogP contribution in [0, 0.1) is 19.3 Å². The van der Waals surface area contributed by atoms with Crippen molar-refractivity contribution in [3.63, 3.8) is 0 Å². The molecule has 3 aromatic heterocycles. The Morgan fingerprint density at radius 1 is 0.825 bits per heavy atom. The third-order valence-corrected chi connectivity index (χ3v) is 9.77. The molecule has 1 aliphatic carbocycles. The summed E-state index contributed by atoms with van der Waals surface area (Å²) < 4.78 is 4.86. The molecule has 0 bridgehead atoms. The minimum absolute atomic E-state index is 0.250. The molecule has 200 valence electrons. The van der Waals surface area contributed by atoms with Crippen LogP contribution in [0.15, 0.2) is 54.9 Å². The Hall–Kier alpha value is -3.72. The zero-order valence-electron chi connectivity index (χ0n) is 24.7. The van der Waals surface area contributed by atoms with E-state index in [1.54, 1.807) is 0 Å². The van der Waals surface area contributed by atoms with Gasteiger partial charge in [-0.15, -0.1) is 0 Å². The van der Waals surface area contributed by atoms with Gasteiger partial charge in [0.1, 0.15) is 5.52 Å². The minimum atomic E-state index is 0.250. The number of benzene rings is 4. The SMILES string of the molecule is Cc1c2cc(CC(C)(C)C)ccc2c(C)c2c1c1c3c(ccc4c5ccc(C6CCCC6)cc5n2c43)nc[n+]1C. The van der Waals surface area contributed by atoms with E-state index in [0.717, 1.165) is 11.9 Å². The fraction of sp³-hybridized carbons (Fsp3) is 0.351. The summed E-state index contributed by atoms with van der Waals surface area (Å²) in [6.45, 7) is 11.7. The van der Waals surface area contributed by atoms with Crippen molar-refractivity contribution in [1.82, 2.24) is 9.38 Å². The van der Waals surface area contributed by atoms with Crippen molar-refractivity contribution in [1.29, 1.82) is 0 Å². The van der Waals surface area contributed by atoms with E-state index in [0.29, 0.717) is 5.92 Å². The Bertz CT molecular complexity index is 2150. The van der Waals surface area contributed by atoms with Gasteiger partial charge in [0, 0.05) is 10.8 Å². The molecule has 0 radical (unpaired) electrons. The van der Waals surface area contributed by atoms with Crippen molar-refractivity contribution in [3.05, 3.63) is 77.1 Å². The lowest BCUT2D eigenvalue weighted by Gasteiger charge is -2.21. The zero-order valence-corrected chi connectivity index (χ0v) is 24.7.